The van der Waals surface area contributed by atoms with Crippen LogP contribution in [0.3, 0.4) is 0 Å². The Bertz CT molecular complexity index is 1180. The normalized spacial score (nSPS) is 16.2. The van der Waals surface area contributed by atoms with E-state index in [0.717, 1.165) is 5.56 Å². The summed E-state index contributed by atoms with van der Waals surface area (Å²) >= 11 is 0. The van der Waals surface area contributed by atoms with E-state index in [1.165, 1.54) is 27.1 Å². The van der Waals surface area contributed by atoms with Gasteiger partial charge in [-0.1, -0.05) is 78.4 Å². The van der Waals surface area contributed by atoms with Gasteiger partial charge in [-0.2, -0.15) is 5.10 Å². The fraction of sp³-hybridized carbons (Fsp3) is 0.120. The van der Waals surface area contributed by atoms with Gasteiger partial charge < -0.3 is 5.43 Å². The fourth-order valence-corrected chi connectivity index (χ4v) is 4.12. The van der Waals surface area contributed by atoms with E-state index in [2.05, 4.69) is 65.1 Å². The number of nitrogens with one attached hydrogen (secondary N) is 1. The van der Waals surface area contributed by atoms with E-state index in [0.29, 0.717) is 17.8 Å². The Kier molecular flexibility index (Phi) is 3.94. The molecule has 0 bridgehead atoms. The summed E-state index contributed by atoms with van der Waals surface area (Å²) in [6.45, 7) is 2.65. The molecule has 0 saturated carbocycles. The lowest BCUT2D eigenvalue weighted by Gasteiger charge is -2.18. The highest BCUT2D eigenvalue weighted by Crippen LogP contribution is 2.36. The van der Waals surface area contributed by atoms with Crippen molar-refractivity contribution in [1.82, 2.24) is 5.43 Å². The number of carbonyl (C=O) groups excluding carboxylic acids is 1. The number of fused-ring (bicyclic) bond motifs is 2. The Hall–Kier alpha value is -3.46. The molecular formula is C25H20N2O. The highest BCUT2D eigenvalue weighted by Gasteiger charge is 2.31. The minimum atomic E-state index is -0.0789. The SMILES string of the molecule is Cc1ccc(C(=O)C2=NNC[C@@H]2c2c3ccccc3cc3ccccc23)cc1. The van der Waals surface area contributed by atoms with Crippen molar-refractivity contribution < 1.29 is 4.79 Å². The predicted molar refractivity (Wildman–Crippen MR) is 115 cm³/mol. The molecule has 0 unspecified atom stereocenters. The Labute approximate surface area is 163 Å². The molecule has 1 atom stereocenters. The summed E-state index contributed by atoms with van der Waals surface area (Å²) in [5, 5.41) is 9.15. The van der Waals surface area contributed by atoms with E-state index in [9.17, 15) is 4.79 Å². The molecule has 1 aliphatic heterocycles. The lowest BCUT2D eigenvalue weighted by atomic mass is 9.84. The van der Waals surface area contributed by atoms with Gasteiger partial charge in [-0.3, -0.25) is 4.79 Å². The van der Waals surface area contributed by atoms with Gasteiger partial charge in [0.2, 0.25) is 5.78 Å². The molecule has 0 saturated heterocycles. The zero-order valence-electron chi connectivity index (χ0n) is 15.6. The maximum absolute atomic E-state index is 13.2. The molecule has 4 aromatic rings. The highest BCUT2D eigenvalue weighted by molar-refractivity contribution is 6.48. The van der Waals surface area contributed by atoms with Gasteiger partial charge in [0.1, 0.15) is 5.71 Å². The lowest BCUT2D eigenvalue weighted by Crippen LogP contribution is -2.22. The quantitative estimate of drug-likeness (QED) is 0.400. The van der Waals surface area contributed by atoms with Gasteiger partial charge in [-0.25, -0.2) is 0 Å². The van der Waals surface area contributed by atoms with E-state index in [1.54, 1.807) is 0 Å². The number of ketones is 1. The minimum Gasteiger partial charge on any atom is -0.309 e. The van der Waals surface area contributed by atoms with Crippen LogP contribution in [0.2, 0.25) is 0 Å². The number of Topliss-reactive ketones (excluding diaryl/α,β-unsaturated/α-hetero) is 1. The first-order chi connectivity index (χ1) is 13.7. The van der Waals surface area contributed by atoms with Gasteiger partial charge in [-0.05, 0) is 40.1 Å². The number of aryl methyl sites for hydroxylation is 1. The summed E-state index contributed by atoms with van der Waals surface area (Å²) in [6, 6.07) is 26.7. The first kappa shape index (κ1) is 16.7. The summed E-state index contributed by atoms with van der Waals surface area (Å²) in [6.07, 6.45) is 0. The minimum absolute atomic E-state index is 0.00739. The van der Waals surface area contributed by atoms with Crippen molar-refractivity contribution in [2.24, 2.45) is 5.10 Å². The first-order valence-corrected chi connectivity index (χ1v) is 9.54. The molecule has 0 aromatic heterocycles. The van der Waals surface area contributed by atoms with Gasteiger partial charge in [-0.15, -0.1) is 0 Å². The van der Waals surface area contributed by atoms with Crippen LogP contribution in [0.5, 0.6) is 0 Å². The number of hydrazone groups is 1. The van der Waals surface area contributed by atoms with Crippen LogP contribution in [-0.2, 0) is 0 Å². The summed E-state index contributed by atoms with van der Waals surface area (Å²) in [7, 11) is 0. The van der Waals surface area contributed by atoms with Gasteiger partial charge >= 0.3 is 0 Å². The second-order valence-electron chi connectivity index (χ2n) is 7.34. The lowest BCUT2D eigenvalue weighted by molar-refractivity contribution is 0.106. The van der Waals surface area contributed by atoms with E-state index < -0.39 is 0 Å². The Balaban J connectivity index is 1.69. The number of hydrogen-bond donors (Lipinski definition) is 1. The third-order valence-electron chi connectivity index (χ3n) is 5.53. The molecule has 0 fully saturated rings. The van der Waals surface area contributed by atoms with Crippen molar-refractivity contribution in [3.8, 4) is 0 Å². The van der Waals surface area contributed by atoms with Crippen LogP contribution in [0.4, 0.5) is 0 Å². The van der Waals surface area contributed by atoms with Crippen molar-refractivity contribution in [2.45, 2.75) is 12.8 Å². The average Bonchev–Trinajstić information content (AvgIpc) is 3.21. The molecule has 0 spiro atoms. The van der Waals surface area contributed by atoms with E-state index in [-0.39, 0.29) is 11.7 Å². The van der Waals surface area contributed by atoms with Gasteiger partial charge in [0.15, 0.2) is 0 Å². The molecule has 1 aliphatic rings. The number of nitrogens with zero attached hydrogens (tertiary/aromatic N) is 1. The van der Waals surface area contributed by atoms with Crippen molar-refractivity contribution in [2.75, 3.05) is 6.54 Å². The Morgan fingerprint density at radius 1 is 0.893 bits per heavy atom. The maximum atomic E-state index is 13.2. The molecule has 1 N–H and O–H groups in total. The molecule has 0 radical (unpaired) electrons. The molecule has 28 heavy (non-hydrogen) atoms. The third-order valence-corrected chi connectivity index (χ3v) is 5.53. The standard InChI is InChI=1S/C25H20N2O/c1-16-10-12-17(13-11-16)25(28)24-22(15-26-27-24)23-20-8-4-2-6-18(20)14-19-7-3-5-9-21(19)23/h2-14,22,26H,15H2,1H3/t22-/m1/s1. The number of benzene rings is 4. The second kappa shape index (κ2) is 6.61. The zero-order chi connectivity index (χ0) is 19.1. The largest absolute Gasteiger partial charge is 0.309 e. The second-order valence-corrected chi connectivity index (χ2v) is 7.34. The van der Waals surface area contributed by atoms with Gasteiger partial charge in [0.05, 0.1) is 5.92 Å². The molecule has 0 aliphatic carbocycles. The van der Waals surface area contributed by atoms with Crippen LogP contribution in [0.15, 0.2) is 84.0 Å². The van der Waals surface area contributed by atoms with Crippen molar-refractivity contribution in [3.05, 3.63) is 95.6 Å². The molecule has 136 valence electrons. The van der Waals surface area contributed by atoms with Crippen molar-refractivity contribution in [1.29, 1.82) is 0 Å². The molecule has 3 heteroatoms. The first-order valence-electron chi connectivity index (χ1n) is 9.54. The zero-order valence-corrected chi connectivity index (χ0v) is 15.6. The smallest absolute Gasteiger partial charge is 0.209 e. The Morgan fingerprint density at radius 3 is 2.14 bits per heavy atom. The van der Waals surface area contributed by atoms with Crippen LogP contribution in [0.1, 0.15) is 27.4 Å². The molecule has 1 heterocycles. The monoisotopic (exact) mass is 364 g/mol. The fourth-order valence-electron chi connectivity index (χ4n) is 4.12. The van der Waals surface area contributed by atoms with E-state index in [4.69, 9.17) is 0 Å². The average molecular weight is 364 g/mol. The van der Waals surface area contributed by atoms with E-state index >= 15 is 0 Å². The summed E-state index contributed by atoms with van der Waals surface area (Å²) in [5.74, 6) is -0.0863. The summed E-state index contributed by atoms with van der Waals surface area (Å²) in [4.78, 5) is 13.2. The van der Waals surface area contributed by atoms with Crippen LogP contribution < -0.4 is 5.43 Å². The molecule has 4 aromatic carbocycles. The van der Waals surface area contributed by atoms with E-state index in [1.807, 2.05) is 31.2 Å². The molecule has 0 amide bonds. The topological polar surface area (TPSA) is 41.5 Å². The maximum Gasteiger partial charge on any atom is 0.209 e. The summed E-state index contributed by atoms with van der Waals surface area (Å²) < 4.78 is 0. The molecule has 5 rings (SSSR count). The van der Waals surface area contributed by atoms with Gasteiger partial charge in [0, 0.05) is 12.1 Å². The van der Waals surface area contributed by atoms with Crippen LogP contribution in [0.25, 0.3) is 21.5 Å². The molecular weight excluding hydrogens is 344 g/mol. The van der Waals surface area contributed by atoms with Crippen LogP contribution in [-0.4, -0.2) is 18.0 Å². The number of carbonyl (C=O) groups is 1. The Morgan fingerprint density at radius 2 is 1.50 bits per heavy atom. The van der Waals surface area contributed by atoms with Crippen LogP contribution in [0, 0.1) is 6.92 Å². The predicted octanol–water partition coefficient (Wildman–Crippen LogP) is 5.23. The number of hydrogen-bond acceptors (Lipinski definition) is 3. The van der Waals surface area contributed by atoms with Gasteiger partial charge in [0.25, 0.3) is 0 Å². The highest BCUT2D eigenvalue weighted by atomic mass is 16.1. The van der Waals surface area contributed by atoms with Crippen LogP contribution >= 0.6 is 0 Å². The molecule has 3 nitrogen and oxygen atoms in total. The van der Waals surface area contributed by atoms with Crippen molar-refractivity contribution >= 4 is 33.0 Å². The summed E-state index contributed by atoms with van der Waals surface area (Å²) in [5.41, 5.74) is 6.67. The van der Waals surface area contributed by atoms with Crippen molar-refractivity contribution in [3.63, 3.8) is 0 Å². The number of rotatable bonds is 3. The third kappa shape index (κ3) is 2.67.